The van der Waals surface area contributed by atoms with E-state index in [1.807, 2.05) is 49.4 Å². The molecule has 0 radical (unpaired) electrons. The number of ether oxygens (including phenoxy) is 4. The Morgan fingerprint density at radius 2 is 0.765 bits per heavy atom. The predicted molar refractivity (Wildman–Crippen MR) is 289 cm³/mol. The van der Waals surface area contributed by atoms with Crippen molar-refractivity contribution in [1.82, 2.24) is 0 Å². The fraction of sp³-hybridized carbons (Fsp3) is 0.710. The van der Waals surface area contributed by atoms with Crippen molar-refractivity contribution < 1.29 is 24.1 Å². The molecule has 4 fully saturated rings. The van der Waals surface area contributed by atoms with Crippen molar-refractivity contribution >= 4 is 15.9 Å². The topological polar surface area (TPSA) is 57.2 Å². The predicted octanol–water partition coefficient (Wildman–Crippen LogP) is 16.8. The van der Waals surface area contributed by atoms with Gasteiger partial charge in [0.15, 0.2) is 0 Å². The molecule has 1 atom stereocenters. The van der Waals surface area contributed by atoms with E-state index < -0.39 is 0 Å². The minimum Gasteiger partial charge on any atom is -0.391 e. The van der Waals surface area contributed by atoms with Crippen LogP contribution in [-0.4, -0.2) is 49.1 Å². The number of hydrogen-bond donors (Lipinski definition) is 1. The molecule has 0 heterocycles. The third-order valence-electron chi connectivity index (χ3n) is 16.4. The molecule has 1 unspecified atom stereocenters. The Labute approximate surface area is 425 Å². The average Bonchev–Trinajstić information content (AvgIpc) is 3.39. The Morgan fingerprint density at radius 3 is 1.09 bits per heavy atom. The average molecular weight is 1000 g/mol. The molecule has 0 saturated heterocycles. The first-order chi connectivity index (χ1) is 33.5. The second-order valence-electron chi connectivity index (χ2n) is 21.5. The van der Waals surface area contributed by atoms with Crippen LogP contribution in [0.15, 0.2) is 91.0 Å². The molecule has 4 aliphatic rings. The molecular formula is C62H97BrO5. The Kier molecular flexibility index (Phi) is 29.4. The lowest BCUT2D eigenvalue weighted by atomic mass is 9.68. The molecule has 5 nitrogen and oxygen atoms in total. The van der Waals surface area contributed by atoms with Crippen molar-refractivity contribution in [2.75, 3.05) is 31.8 Å². The van der Waals surface area contributed by atoms with E-state index in [4.69, 9.17) is 18.9 Å². The molecule has 3 aromatic carbocycles. The number of halogens is 1. The van der Waals surface area contributed by atoms with Gasteiger partial charge in [-0.15, -0.1) is 0 Å². The van der Waals surface area contributed by atoms with Gasteiger partial charge >= 0.3 is 0 Å². The molecule has 0 spiro atoms. The van der Waals surface area contributed by atoms with Gasteiger partial charge in [-0.2, -0.15) is 0 Å². The molecule has 0 amide bonds. The zero-order chi connectivity index (χ0) is 47.9. The van der Waals surface area contributed by atoms with Crippen molar-refractivity contribution in [3.8, 4) is 0 Å². The van der Waals surface area contributed by atoms with Crippen molar-refractivity contribution in [3.05, 3.63) is 108 Å². The van der Waals surface area contributed by atoms with Crippen LogP contribution >= 0.6 is 15.9 Å². The van der Waals surface area contributed by atoms with Crippen LogP contribution in [0, 0.1) is 47.3 Å². The van der Waals surface area contributed by atoms with Crippen molar-refractivity contribution in [2.45, 2.75) is 200 Å². The highest BCUT2D eigenvalue weighted by atomic mass is 79.9. The lowest BCUT2D eigenvalue weighted by molar-refractivity contribution is -0.0701. The highest BCUT2D eigenvalue weighted by Crippen LogP contribution is 2.44. The van der Waals surface area contributed by atoms with Crippen LogP contribution in [0.5, 0.6) is 0 Å². The first-order valence-electron chi connectivity index (χ1n) is 28.2. The molecule has 0 bridgehead atoms. The lowest BCUT2D eigenvalue weighted by Crippen LogP contribution is -2.28. The van der Waals surface area contributed by atoms with Crippen molar-refractivity contribution in [1.29, 1.82) is 0 Å². The summed E-state index contributed by atoms with van der Waals surface area (Å²) < 4.78 is 23.7. The molecule has 68 heavy (non-hydrogen) atoms. The largest absolute Gasteiger partial charge is 0.391 e. The van der Waals surface area contributed by atoms with E-state index in [-0.39, 0.29) is 12.2 Å². The van der Waals surface area contributed by atoms with Crippen LogP contribution < -0.4 is 0 Å². The van der Waals surface area contributed by atoms with E-state index in [1.165, 1.54) is 119 Å². The number of rotatable bonds is 25. The van der Waals surface area contributed by atoms with E-state index in [0.717, 1.165) is 65.9 Å². The monoisotopic (exact) mass is 1000 g/mol. The van der Waals surface area contributed by atoms with E-state index in [2.05, 4.69) is 78.3 Å². The minimum atomic E-state index is -0.330. The summed E-state index contributed by atoms with van der Waals surface area (Å²) in [5, 5.41) is 10.4. The summed E-state index contributed by atoms with van der Waals surface area (Å²) in [4.78, 5) is 0. The minimum absolute atomic E-state index is 0.0259. The summed E-state index contributed by atoms with van der Waals surface area (Å²) in [5.41, 5.74) is 3.54. The van der Waals surface area contributed by atoms with Gasteiger partial charge in [0.1, 0.15) is 6.10 Å². The molecule has 1 N–H and O–H groups in total. The maximum absolute atomic E-state index is 9.21. The third-order valence-corrected chi connectivity index (χ3v) is 16.9. The number of aliphatic hydroxyl groups excluding tert-OH is 1. The Hall–Kier alpha value is -2.06. The second-order valence-corrected chi connectivity index (χ2v) is 22.3. The summed E-state index contributed by atoms with van der Waals surface area (Å²) in [6.45, 7) is 10.8. The number of benzene rings is 3. The number of hydrogen-bond acceptors (Lipinski definition) is 5. The smallest absolute Gasteiger partial charge is 0.104 e. The van der Waals surface area contributed by atoms with E-state index in [1.54, 1.807) is 38.5 Å². The molecule has 0 aromatic heterocycles. The van der Waals surface area contributed by atoms with Gasteiger partial charge in [0.2, 0.25) is 0 Å². The van der Waals surface area contributed by atoms with Gasteiger partial charge in [-0.25, -0.2) is 0 Å². The first kappa shape index (κ1) is 56.8. The zero-order valence-electron chi connectivity index (χ0n) is 43.3. The van der Waals surface area contributed by atoms with Gasteiger partial charge in [0.05, 0.1) is 45.7 Å². The summed E-state index contributed by atoms with van der Waals surface area (Å²) in [6, 6.07) is 30.7. The lowest BCUT2D eigenvalue weighted by Gasteiger charge is -2.38. The zero-order valence-corrected chi connectivity index (χ0v) is 44.9. The van der Waals surface area contributed by atoms with E-state index in [0.29, 0.717) is 39.6 Å². The standard InChI is InChI=1S/C34H50O3.C17H31Br.C11H16O2/c1-2-9-28-14-18-32(19-15-28)33-20-16-29(17-21-33)22-23-37-34(26-35-24-30-10-5-3-6-11-30)27-36-25-31-12-7-4-8-13-31;1-2-3-14-4-8-16(9-5-14)17-10-6-15(7-11-17)12-13-18;1-2-11(12)9-13-8-10-6-4-3-5-7-10/h3-8,10-13,28-29,32-34H,2,9,14-27H2,1H3;14-17H,2-13H2,1H3;3-7,11-12H,2,8-9H2,1H3. The molecule has 4 aliphatic carbocycles. The van der Waals surface area contributed by atoms with Crippen LogP contribution in [-0.2, 0) is 38.8 Å². The van der Waals surface area contributed by atoms with Gasteiger partial charge in [-0.3, -0.25) is 0 Å². The fourth-order valence-corrected chi connectivity index (χ4v) is 12.7. The van der Waals surface area contributed by atoms with Gasteiger partial charge in [-0.05, 0) is 135 Å². The molecule has 0 aliphatic heterocycles. The fourth-order valence-electron chi connectivity index (χ4n) is 12.1. The van der Waals surface area contributed by atoms with Gasteiger partial charge < -0.3 is 24.1 Å². The number of alkyl halides is 1. The van der Waals surface area contributed by atoms with Gasteiger partial charge in [0.25, 0.3) is 0 Å². The molecule has 382 valence electrons. The van der Waals surface area contributed by atoms with Crippen LogP contribution in [0.4, 0.5) is 0 Å². The Bertz CT molecular complexity index is 1520. The van der Waals surface area contributed by atoms with E-state index in [9.17, 15) is 5.11 Å². The summed E-state index contributed by atoms with van der Waals surface area (Å²) in [7, 11) is 0. The quantitative estimate of drug-likeness (QED) is 0.0857. The highest BCUT2D eigenvalue weighted by Gasteiger charge is 2.32. The molecule has 7 rings (SSSR count). The summed E-state index contributed by atoms with van der Waals surface area (Å²) in [5.74, 6) is 8.17. The van der Waals surface area contributed by atoms with Gasteiger partial charge in [-0.1, -0.05) is 205 Å². The van der Waals surface area contributed by atoms with Gasteiger partial charge in [0, 0.05) is 11.9 Å². The Morgan fingerprint density at radius 1 is 0.441 bits per heavy atom. The normalized spacial score (nSPS) is 25.7. The third kappa shape index (κ3) is 23.0. The maximum atomic E-state index is 9.21. The summed E-state index contributed by atoms with van der Waals surface area (Å²) >= 11 is 3.60. The molecular weight excluding hydrogens is 905 g/mol. The first-order valence-corrected chi connectivity index (χ1v) is 29.3. The molecule has 3 aromatic rings. The van der Waals surface area contributed by atoms with Crippen LogP contribution in [0.1, 0.15) is 185 Å². The maximum Gasteiger partial charge on any atom is 0.104 e. The summed E-state index contributed by atoms with van der Waals surface area (Å²) in [6.07, 6.45) is 32.6. The molecule has 4 saturated carbocycles. The SMILES string of the molecule is CCC(O)COCc1ccccc1.CCCC1CCC(C2CCC(CCBr)CC2)CC1.CCCC1CCC(C2CCC(CCOC(COCc3ccccc3)COCc3ccccc3)CC2)CC1. The number of aliphatic hydroxyl groups is 1. The second kappa shape index (κ2) is 35.1. The van der Waals surface area contributed by atoms with Crippen LogP contribution in [0.2, 0.25) is 0 Å². The van der Waals surface area contributed by atoms with Crippen molar-refractivity contribution in [3.63, 3.8) is 0 Å². The van der Waals surface area contributed by atoms with Crippen molar-refractivity contribution in [2.24, 2.45) is 47.3 Å². The van der Waals surface area contributed by atoms with E-state index >= 15 is 0 Å². The Balaban J connectivity index is 0.000000229. The van der Waals surface area contributed by atoms with Crippen LogP contribution in [0.25, 0.3) is 0 Å². The molecule has 6 heteroatoms. The van der Waals surface area contributed by atoms with Crippen LogP contribution in [0.3, 0.4) is 0 Å². The highest BCUT2D eigenvalue weighted by molar-refractivity contribution is 9.09.